The molecular formula is C35H48ClN5O8. The van der Waals surface area contributed by atoms with E-state index in [1.54, 1.807) is 26.2 Å². The third-order valence-electron chi connectivity index (χ3n) is 8.67. The van der Waals surface area contributed by atoms with E-state index in [2.05, 4.69) is 10.6 Å². The maximum Gasteiger partial charge on any atom is 0.304 e. The molecule has 5 N–H and O–H groups in total. The summed E-state index contributed by atoms with van der Waals surface area (Å²) in [6, 6.07) is 12.7. The van der Waals surface area contributed by atoms with Gasteiger partial charge in [-0.2, -0.15) is 0 Å². The fourth-order valence-corrected chi connectivity index (χ4v) is 6.05. The van der Waals surface area contributed by atoms with E-state index in [0.717, 1.165) is 11.1 Å². The number of carboxylic acids is 1. The van der Waals surface area contributed by atoms with Crippen molar-refractivity contribution >= 4 is 41.2 Å². The average Bonchev–Trinajstić information content (AvgIpc) is 3.07. The molecule has 0 saturated carbocycles. The van der Waals surface area contributed by atoms with Crippen LogP contribution in [0.25, 0.3) is 0 Å². The highest BCUT2D eigenvalue weighted by Crippen LogP contribution is 2.22. The fraction of sp³-hybridized carbons (Fsp3) is 0.514. The Labute approximate surface area is 292 Å². The number of carbonyl (C=O) groups excluding carboxylic acids is 4. The predicted molar refractivity (Wildman–Crippen MR) is 184 cm³/mol. The molecule has 3 rings (SSSR count). The number of hydrogen-bond donors (Lipinski definition) is 4. The van der Waals surface area contributed by atoms with Crippen molar-refractivity contribution in [1.82, 2.24) is 20.4 Å². The summed E-state index contributed by atoms with van der Waals surface area (Å²) in [4.78, 5) is 68.1. The number of nitrogens with zero attached hydrogens (tertiary/aromatic N) is 2. The van der Waals surface area contributed by atoms with E-state index < -0.39 is 53.9 Å². The van der Waals surface area contributed by atoms with Crippen molar-refractivity contribution in [2.24, 2.45) is 11.7 Å². The minimum absolute atomic E-state index is 0.101. The number of rotatable bonds is 17. The van der Waals surface area contributed by atoms with Gasteiger partial charge in [0.1, 0.15) is 6.04 Å². The molecule has 0 bridgehead atoms. The molecule has 4 amide bonds. The Balaban J connectivity index is 1.79. The molecule has 49 heavy (non-hydrogen) atoms. The largest absolute Gasteiger partial charge is 0.481 e. The lowest BCUT2D eigenvalue weighted by Crippen LogP contribution is -2.59. The summed E-state index contributed by atoms with van der Waals surface area (Å²) in [5.41, 5.74) is 7.39. The lowest BCUT2D eigenvalue weighted by molar-refractivity contribution is -0.146. The molecule has 1 saturated heterocycles. The molecule has 0 spiro atoms. The van der Waals surface area contributed by atoms with Crippen molar-refractivity contribution < 1.29 is 38.6 Å². The smallest absolute Gasteiger partial charge is 0.304 e. The topological polar surface area (TPSA) is 181 Å². The van der Waals surface area contributed by atoms with Gasteiger partial charge in [-0.15, -0.1) is 0 Å². The van der Waals surface area contributed by atoms with Crippen LogP contribution < -0.4 is 16.4 Å². The predicted octanol–water partition coefficient (Wildman–Crippen LogP) is 1.64. The third-order valence-corrected chi connectivity index (χ3v) is 8.92. The van der Waals surface area contributed by atoms with Crippen LogP contribution in [-0.4, -0.2) is 116 Å². The summed E-state index contributed by atoms with van der Waals surface area (Å²) in [6.07, 6.45) is 0.552. The summed E-state index contributed by atoms with van der Waals surface area (Å²) in [5, 5.41) is 15.7. The quantitative estimate of drug-likeness (QED) is 0.191. The van der Waals surface area contributed by atoms with Crippen LogP contribution in [0.15, 0.2) is 54.6 Å². The van der Waals surface area contributed by atoms with Crippen LogP contribution in [0, 0.1) is 5.92 Å². The van der Waals surface area contributed by atoms with Crippen molar-refractivity contribution in [2.75, 3.05) is 41.0 Å². The Morgan fingerprint density at radius 2 is 1.65 bits per heavy atom. The van der Waals surface area contributed by atoms with Gasteiger partial charge in [0.15, 0.2) is 0 Å². The van der Waals surface area contributed by atoms with E-state index in [1.807, 2.05) is 42.5 Å². The number of carboxylic acid groups (broad SMARTS) is 1. The van der Waals surface area contributed by atoms with E-state index in [4.69, 9.17) is 26.8 Å². The highest BCUT2D eigenvalue weighted by Gasteiger charge is 2.37. The number of methoxy groups -OCH3 is 1. The number of aliphatic carboxylic acids is 1. The van der Waals surface area contributed by atoms with Crippen LogP contribution >= 0.6 is 11.6 Å². The zero-order chi connectivity index (χ0) is 36.1. The first-order valence-electron chi connectivity index (χ1n) is 16.3. The van der Waals surface area contributed by atoms with Gasteiger partial charge in [-0.05, 0) is 49.4 Å². The molecule has 0 aromatic heterocycles. The number of halogens is 1. The lowest BCUT2D eigenvalue weighted by atomic mass is 9.92. The number of amides is 4. The molecule has 1 heterocycles. The number of ether oxygens (including phenoxy) is 2. The Kier molecular flexibility index (Phi) is 15.5. The van der Waals surface area contributed by atoms with E-state index in [1.165, 1.54) is 23.8 Å². The minimum Gasteiger partial charge on any atom is -0.481 e. The molecule has 0 aliphatic carbocycles. The first kappa shape index (κ1) is 39.4. The molecule has 6 atom stereocenters. The maximum atomic E-state index is 13.7. The molecular weight excluding hydrogens is 654 g/mol. The molecule has 268 valence electrons. The highest BCUT2D eigenvalue weighted by atomic mass is 35.5. The first-order valence-corrected chi connectivity index (χ1v) is 16.6. The minimum atomic E-state index is -1.07. The number of benzene rings is 2. The van der Waals surface area contributed by atoms with Crippen molar-refractivity contribution in [2.45, 2.75) is 69.2 Å². The van der Waals surface area contributed by atoms with Gasteiger partial charge in [-0.3, -0.25) is 24.0 Å². The van der Waals surface area contributed by atoms with Crippen molar-refractivity contribution in [1.29, 1.82) is 0 Å². The van der Waals surface area contributed by atoms with Crippen molar-refractivity contribution in [3.05, 3.63) is 70.7 Å². The van der Waals surface area contributed by atoms with Crippen molar-refractivity contribution in [3.8, 4) is 0 Å². The van der Waals surface area contributed by atoms with Gasteiger partial charge in [0.05, 0.1) is 43.7 Å². The Hall–Kier alpha value is -4.04. The lowest BCUT2D eigenvalue weighted by Gasteiger charge is -2.40. The van der Waals surface area contributed by atoms with Gasteiger partial charge >= 0.3 is 5.97 Å². The second-order valence-electron chi connectivity index (χ2n) is 12.5. The van der Waals surface area contributed by atoms with Gasteiger partial charge in [0.2, 0.25) is 23.6 Å². The second kappa shape index (κ2) is 19.2. The molecule has 2 aromatic carbocycles. The van der Waals surface area contributed by atoms with Gasteiger partial charge in [0, 0.05) is 45.3 Å². The zero-order valence-corrected chi connectivity index (χ0v) is 29.2. The SMILES string of the molecule is COC[C@H](NC(=O)[C@H](C)N)C(=O)N(C)[C@H](CC(=O)NC1COCCC1N(C)C(=O)[C@@H](CC(=O)O)Cc1ccccc1)Cc1ccc(Cl)cc1. The van der Waals surface area contributed by atoms with E-state index >= 15 is 0 Å². The zero-order valence-electron chi connectivity index (χ0n) is 28.5. The number of likely N-dealkylation sites (N-methyl/N-ethyl adjacent to an activating group) is 2. The van der Waals surface area contributed by atoms with Crippen LogP contribution in [0.1, 0.15) is 37.3 Å². The van der Waals surface area contributed by atoms with Gasteiger partial charge < -0.3 is 40.7 Å². The van der Waals surface area contributed by atoms with Crippen LogP contribution in [-0.2, 0) is 46.3 Å². The van der Waals surface area contributed by atoms with Crippen LogP contribution in [0.4, 0.5) is 0 Å². The van der Waals surface area contributed by atoms with Gasteiger partial charge in [0.25, 0.3) is 0 Å². The van der Waals surface area contributed by atoms with E-state index in [-0.39, 0.29) is 44.3 Å². The fourth-order valence-electron chi connectivity index (χ4n) is 5.92. The maximum absolute atomic E-state index is 13.7. The summed E-state index contributed by atoms with van der Waals surface area (Å²) in [5.74, 6) is -3.57. The normalized spacial score (nSPS) is 18.3. The van der Waals surface area contributed by atoms with Crippen LogP contribution in [0.2, 0.25) is 5.02 Å². The van der Waals surface area contributed by atoms with Crippen molar-refractivity contribution in [3.63, 3.8) is 0 Å². The molecule has 1 aliphatic rings. The molecule has 1 fully saturated rings. The van der Waals surface area contributed by atoms with Gasteiger partial charge in [-0.1, -0.05) is 54.1 Å². The summed E-state index contributed by atoms with van der Waals surface area (Å²) in [7, 11) is 4.59. The summed E-state index contributed by atoms with van der Waals surface area (Å²) < 4.78 is 10.9. The number of hydrogen-bond acceptors (Lipinski definition) is 8. The highest BCUT2D eigenvalue weighted by molar-refractivity contribution is 6.30. The van der Waals surface area contributed by atoms with E-state index in [9.17, 15) is 29.1 Å². The molecule has 2 unspecified atom stereocenters. The van der Waals surface area contributed by atoms with E-state index in [0.29, 0.717) is 24.5 Å². The van der Waals surface area contributed by atoms with Crippen LogP contribution in [0.3, 0.4) is 0 Å². The van der Waals surface area contributed by atoms with Gasteiger partial charge in [-0.25, -0.2) is 0 Å². The van der Waals surface area contributed by atoms with Crippen LogP contribution in [0.5, 0.6) is 0 Å². The monoisotopic (exact) mass is 701 g/mol. The number of nitrogens with one attached hydrogen (secondary N) is 2. The molecule has 13 nitrogen and oxygen atoms in total. The number of carbonyl (C=O) groups is 5. The molecule has 0 radical (unpaired) electrons. The molecule has 2 aromatic rings. The number of nitrogens with two attached hydrogens (primary N) is 1. The third kappa shape index (κ3) is 12.1. The Morgan fingerprint density at radius 1 is 1.00 bits per heavy atom. The first-order chi connectivity index (χ1) is 23.3. The standard InChI is InChI=1S/C35H48ClN5O8/c1-22(37)33(45)39-29(20-48-4)35(47)40(2)27(17-24-10-12-26(36)13-11-24)19-31(42)38-28-21-49-15-14-30(28)41(3)34(46)25(18-32(43)44)16-23-8-6-5-7-9-23/h5-13,22,25,27-30H,14-21,37H2,1-4H3,(H,38,42)(H,39,45)(H,43,44)/t22-,25+,27-,28?,29-,30?/m0/s1. The Bertz CT molecular complexity index is 1410. The molecule has 1 aliphatic heterocycles. The molecule has 14 heteroatoms. The average molecular weight is 702 g/mol. The summed E-state index contributed by atoms with van der Waals surface area (Å²) in [6.45, 7) is 1.91. The Morgan fingerprint density at radius 3 is 2.27 bits per heavy atom. The summed E-state index contributed by atoms with van der Waals surface area (Å²) >= 11 is 6.09. The second-order valence-corrected chi connectivity index (χ2v) is 12.9.